The van der Waals surface area contributed by atoms with Gasteiger partial charge in [-0.15, -0.1) is 45.3 Å². The average molecular weight is 885 g/mol. The van der Waals surface area contributed by atoms with Gasteiger partial charge in [-0.1, -0.05) is 105 Å². The summed E-state index contributed by atoms with van der Waals surface area (Å²) in [4.78, 5) is 58.9. The molecule has 6 rings (SSSR count). The van der Waals surface area contributed by atoms with E-state index in [2.05, 4.69) is 27.7 Å². The Balaban J connectivity index is 1.43. The molecule has 6 heterocycles. The van der Waals surface area contributed by atoms with Crippen molar-refractivity contribution in [2.75, 3.05) is 0 Å². The molecule has 6 nitrogen and oxygen atoms in total. The van der Waals surface area contributed by atoms with Crippen molar-refractivity contribution in [1.82, 2.24) is 0 Å². The molecule has 60 heavy (non-hydrogen) atoms. The normalized spacial score (nSPS) is 15.1. The second-order valence-electron chi connectivity index (χ2n) is 15.9. The monoisotopic (exact) mass is 884 g/mol. The third-order valence-corrected chi connectivity index (χ3v) is 16.4. The van der Waals surface area contributed by atoms with Crippen molar-refractivity contribution in [1.29, 1.82) is 0 Å². The van der Waals surface area contributed by atoms with Crippen molar-refractivity contribution in [2.24, 2.45) is 0 Å². The van der Waals surface area contributed by atoms with Gasteiger partial charge >= 0.3 is 11.9 Å². The average Bonchev–Trinajstić information content (AvgIpc) is 4.12. The summed E-state index contributed by atoms with van der Waals surface area (Å²) in [6, 6.07) is 7.83. The molecule has 0 fully saturated rings. The van der Waals surface area contributed by atoms with Crippen LogP contribution in [0.25, 0.3) is 31.0 Å². The first kappa shape index (κ1) is 45.8. The first-order chi connectivity index (χ1) is 29.3. The number of unbranched alkanes of at least 4 members (excludes halogenated alkanes) is 12. The van der Waals surface area contributed by atoms with Crippen molar-refractivity contribution >= 4 is 81.4 Å². The van der Waals surface area contributed by atoms with Crippen molar-refractivity contribution in [3.63, 3.8) is 0 Å². The fraction of sp³-hybridized carbons (Fsp3) is 0.480. The van der Waals surface area contributed by atoms with Crippen LogP contribution in [0.15, 0.2) is 47.6 Å². The molecule has 4 aromatic heterocycles. The molecule has 2 aliphatic rings. The lowest BCUT2D eigenvalue weighted by molar-refractivity contribution is -0.133. The standard InChI is InChI=1S/C50H60O6S4/c1-5-9-13-17-21-35-37(23-19-15-11-7-3)47(43-27-25-33(31-51)57-43)59-45(35)41-29-39(49(53)55-41)40-30-42(56-50(40)54)46-36(22-18-14-10-6-2)38(24-20-16-12-8-4)48(60-46)44-28-26-34(32-52)58-44/h25-32H,5-24H2,1-4H3/b40-39+. The fourth-order valence-corrected chi connectivity index (χ4v) is 12.8. The second kappa shape index (κ2) is 22.9. The highest BCUT2D eigenvalue weighted by Gasteiger charge is 2.36. The first-order valence-corrected chi connectivity index (χ1v) is 25.6. The Kier molecular flexibility index (Phi) is 17.5. The Hall–Kier alpha value is -3.70. The zero-order valence-corrected chi connectivity index (χ0v) is 39.1. The quantitative estimate of drug-likeness (QED) is 0.0270. The number of ether oxygens (including phenoxy) is 2. The maximum atomic E-state index is 13.9. The van der Waals surface area contributed by atoms with Crippen LogP contribution < -0.4 is 0 Å². The fourth-order valence-electron chi connectivity index (χ4n) is 8.19. The lowest BCUT2D eigenvalue weighted by Crippen LogP contribution is -2.05. The van der Waals surface area contributed by atoms with Crippen LogP contribution in [0.2, 0.25) is 0 Å². The van der Waals surface area contributed by atoms with E-state index in [0.717, 1.165) is 157 Å². The summed E-state index contributed by atoms with van der Waals surface area (Å²) < 4.78 is 12.2. The Bertz CT molecular complexity index is 2060. The number of rotatable bonds is 26. The van der Waals surface area contributed by atoms with Crippen LogP contribution in [0.4, 0.5) is 0 Å². The molecule has 320 valence electrons. The van der Waals surface area contributed by atoms with Gasteiger partial charge in [-0.25, -0.2) is 9.59 Å². The van der Waals surface area contributed by atoms with E-state index in [0.29, 0.717) is 21.3 Å². The highest BCUT2D eigenvalue weighted by Crippen LogP contribution is 2.48. The molecule has 0 radical (unpaired) electrons. The molecule has 4 aromatic rings. The Morgan fingerprint density at radius 2 is 0.767 bits per heavy atom. The Labute approximate surface area is 372 Å². The van der Waals surface area contributed by atoms with Crippen molar-refractivity contribution in [2.45, 2.75) is 156 Å². The molecular formula is C50H60O6S4. The molecule has 2 aliphatic heterocycles. The maximum absolute atomic E-state index is 13.9. The lowest BCUT2D eigenvalue weighted by Gasteiger charge is -2.10. The predicted molar refractivity (Wildman–Crippen MR) is 253 cm³/mol. The van der Waals surface area contributed by atoms with E-state index < -0.39 is 11.9 Å². The van der Waals surface area contributed by atoms with Crippen LogP contribution >= 0.6 is 45.3 Å². The smallest absolute Gasteiger partial charge is 0.344 e. The number of hydrogen-bond donors (Lipinski definition) is 0. The van der Waals surface area contributed by atoms with Gasteiger partial charge in [-0.3, -0.25) is 9.59 Å². The van der Waals surface area contributed by atoms with Gasteiger partial charge in [-0.05, 0) is 110 Å². The van der Waals surface area contributed by atoms with E-state index in [1.54, 1.807) is 34.8 Å². The van der Waals surface area contributed by atoms with E-state index in [1.165, 1.54) is 57.8 Å². The summed E-state index contributed by atoms with van der Waals surface area (Å²) in [5.41, 5.74) is 5.45. The summed E-state index contributed by atoms with van der Waals surface area (Å²) in [6.07, 6.45) is 26.9. The van der Waals surface area contributed by atoms with Gasteiger partial charge in [0.15, 0.2) is 12.6 Å². The Morgan fingerprint density at radius 1 is 0.433 bits per heavy atom. The van der Waals surface area contributed by atoms with Gasteiger partial charge in [0.2, 0.25) is 0 Å². The van der Waals surface area contributed by atoms with Crippen LogP contribution in [0.3, 0.4) is 0 Å². The summed E-state index contributed by atoms with van der Waals surface area (Å²) in [7, 11) is 0. The highest BCUT2D eigenvalue weighted by molar-refractivity contribution is 7.24. The van der Waals surface area contributed by atoms with Crippen molar-refractivity contribution < 1.29 is 28.7 Å². The van der Waals surface area contributed by atoms with E-state index in [4.69, 9.17) is 9.47 Å². The molecule has 10 heteroatoms. The molecule has 0 bridgehead atoms. The first-order valence-electron chi connectivity index (χ1n) is 22.4. The van der Waals surface area contributed by atoms with E-state index in [-0.39, 0.29) is 11.1 Å². The van der Waals surface area contributed by atoms with Gasteiger partial charge < -0.3 is 9.47 Å². The van der Waals surface area contributed by atoms with Crippen LogP contribution in [-0.2, 0) is 44.7 Å². The molecule has 0 aliphatic carbocycles. The number of esters is 2. The minimum Gasteiger partial charge on any atom is -0.421 e. The van der Waals surface area contributed by atoms with Gasteiger partial charge in [0.1, 0.15) is 11.5 Å². The maximum Gasteiger partial charge on any atom is 0.344 e. The summed E-state index contributed by atoms with van der Waals surface area (Å²) in [5.74, 6) is -0.134. The topological polar surface area (TPSA) is 86.7 Å². The molecular weight excluding hydrogens is 825 g/mol. The van der Waals surface area contributed by atoms with E-state index in [9.17, 15) is 19.2 Å². The largest absolute Gasteiger partial charge is 0.421 e. The molecule has 0 unspecified atom stereocenters. The molecule has 0 N–H and O–H groups in total. The van der Waals surface area contributed by atoms with Gasteiger partial charge in [0.25, 0.3) is 0 Å². The van der Waals surface area contributed by atoms with Gasteiger partial charge in [-0.2, -0.15) is 0 Å². The van der Waals surface area contributed by atoms with Gasteiger partial charge in [0, 0.05) is 19.5 Å². The second-order valence-corrected chi connectivity index (χ2v) is 20.2. The SMILES string of the molecule is CCCCCCc1c(C2=C/C(=C3/C=C(c4sc(-c5ccc(C=O)s5)c(CCCCCC)c4CCCCCC)OC3=O)C(=O)O2)sc(-c2ccc(C=O)s2)c1CCCCCC. The third-order valence-electron chi connectivity index (χ3n) is 11.4. The Morgan fingerprint density at radius 3 is 1.07 bits per heavy atom. The molecule has 0 aromatic carbocycles. The number of aldehydes is 2. The summed E-state index contributed by atoms with van der Waals surface area (Å²) >= 11 is 6.27. The predicted octanol–water partition coefficient (Wildman–Crippen LogP) is 15.2. The van der Waals surface area contributed by atoms with Crippen LogP contribution in [0.5, 0.6) is 0 Å². The van der Waals surface area contributed by atoms with Crippen LogP contribution in [0, 0.1) is 0 Å². The summed E-state index contributed by atoms with van der Waals surface area (Å²) in [5, 5.41) is 0. The minimum absolute atomic E-state index is 0.218. The van der Waals surface area contributed by atoms with Crippen molar-refractivity contribution in [3.8, 4) is 19.5 Å². The number of cyclic esters (lactones) is 2. The number of carbonyl (C=O) groups excluding carboxylic acids is 4. The van der Waals surface area contributed by atoms with Crippen molar-refractivity contribution in [3.05, 3.63) is 89.3 Å². The lowest BCUT2D eigenvalue weighted by atomic mass is 9.95. The van der Waals surface area contributed by atoms with E-state index in [1.807, 2.05) is 24.3 Å². The highest BCUT2D eigenvalue weighted by atomic mass is 32.1. The number of thiophene rings is 4. The molecule has 0 saturated carbocycles. The van der Waals surface area contributed by atoms with Gasteiger partial charge in [0.05, 0.1) is 30.7 Å². The zero-order valence-electron chi connectivity index (χ0n) is 35.8. The third kappa shape index (κ3) is 11.0. The molecule has 0 spiro atoms. The molecule has 0 atom stereocenters. The van der Waals surface area contributed by atoms with E-state index >= 15 is 0 Å². The number of carbonyl (C=O) groups is 4. The number of hydrogen-bond acceptors (Lipinski definition) is 10. The van der Waals surface area contributed by atoms with Crippen LogP contribution in [-0.4, -0.2) is 24.5 Å². The summed E-state index contributed by atoms with van der Waals surface area (Å²) in [6.45, 7) is 8.88. The van der Waals surface area contributed by atoms with Crippen LogP contribution in [0.1, 0.15) is 182 Å². The molecule has 0 amide bonds. The zero-order chi connectivity index (χ0) is 42.4. The molecule has 0 saturated heterocycles. The minimum atomic E-state index is -0.548.